The number of rotatable bonds is 7. The summed E-state index contributed by atoms with van der Waals surface area (Å²) in [7, 11) is -3.49. The van der Waals surface area contributed by atoms with Gasteiger partial charge in [-0.2, -0.15) is 13.2 Å². The van der Waals surface area contributed by atoms with E-state index in [-0.39, 0.29) is 29.5 Å². The zero-order valence-electron chi connectivity index (χ0n) is 18.7. The Morgan fingerprint density at radius 2 is 1.78 bits per heavy atom. The minimum Gasteiger partial charge on any atom is -0.497 e. The summed E-state index contributed by atoms with van der Waals surface area (Å²) in [5, 5.41) is 8.71. The molecule has 0 saturated heterocycles. The molecule has 0 aliphatic carbocycles. The summed E-state index contributed by atoms with van der Waals surface area (Å²) in [6.45, 7) is 0. The van der Waals surface area contributed by atoms with E-state index in [2.05, 4.69) is 0 Å². The van der Waals surface area contributed by atoms with Crippen molar-refractivity contribution >= 4 is 38.5 Å². The third-order valence-corrected chi connectivity index (χ3v) is 7.74. The first-order chi connectivity index (χ1) is 16.9. The first-order valence-electron chi connectivity index (χ1n) is 10.6. The summed E-state index contributed by atoms with van der Waals surface area (Å²) in [6.07, 6.45) is -4.29. The number of fused-ring (bicyclic) bond motifs is 1. The number of benzene rings is 3. The number of methoxy groups -OCH3 is 1. The van der Waals surface area contributed by atoms with Gasteiger partial charge in [-0.3, -0.25) is 4.79 Å². The van der Waals surface area contributed by atoms with Gasteiger partial charge in [-0.15, -0.1) is 0 Å². The minimum absolute atomic E-state index is 0.0469. The van der Waals surface area contributed by atoms with E-state index in [1.807, 2.05) is 0 Å². The molecule has 4 aromatic rings. The number of aromatic nitrogens is 1. The highest BCUT2D eigenvalue weighted by molar-refractivity contribution is 7.90. The number of carboxylic acids is 1. The lowest BCUT2D eigenvalue weighted by Gasteiger charge is -2.20. The second-order valence-corrected chi connectivity index (χ2v) is 10.1. The highest BCUT2D eigenvalue weighted by Crippen LogP contribution is 2.45. The summed E-state index contributed by atoms with van der Waals surface area (Å²) < 4.78 is 76.7. The van der Waals surface area contributed by atoms with E-state index < -0.39 is 37.7 Å². The fourth-order valence-electron chi connectivity index (χ4n) is 4.05. The number of ether oxygens (including phenoxy) is 1. The number of hydrogen-bond donors (Lipinski definition) is 1. The van der Waals surface area contributed by atoms with Crippen LogP contribution in [0.5, 0.6) is 5.75 Å². The first kappa shape index (κ1) is 25.6. The van der Waals surface area contributed by atoms with E-state index in [4.69, 9.17) is 21.4 Å². The molecule has 0 amide bonds. The number of carboxylic acid groups (broad SMARTS) is 1. The molecule has 0 radical (unpaired) electrons. The number of nitrogens with zero attached hydrogens (tertiary/aromatic N) is 1. The Kier molecular flexibility index (Phi) is 6.76. The molecule has 0 aliphatic heterocycles. The molecule has 1 aromatic heterocycles. The minimum atomic E-state index is -5.08. The Hall–Kier alpha value is -3.50. The van der Waals surface area contributed by atoms with Crippen molar-refractivity contribution < 1.29 is 36.2 Å². The van der Waals surface area contributed by atoms with Crippen molar-refractivity contribution in [3.63, 3.8) is 0 Å². The molecule has 0 spiro atoms. The molecule has 36 heavy (non-hydrogen) atoms. The lowest BCUT2D eigenvalue weighted by Crippen LogP contribution is -2.20. The average Bonchev–Trinajstić information content (AvgIpc) is 3.21. The van der Waals surface area contributed by atoms with Crippen LogP contribution in [-0.4, -0.2) is 30.6 Å². The second kappa shape index (κ2) is 9.51. The SMILES string of the molecule is COc1ccc2c(c1)c(CCC(=O)O)cn2S(=O)(=O)c1c(-c2ccccc2)ccc(Cl)c1C(F)(F)F. The van der Waals surface area contributed by atoms with Crippen LogP contribution in [0.4, 0.5) is 13.2 Å². The molecule has 0 unspecified atom stereocenters. The number of alkyl halides is 3. The van der Waals surface area contributed by atoms with Crippen molar-refractivity contribution in [3.8, 4) is 16.9 Å². The highest BCUT2D eigenvalue weighted by atomic mass is 35.5. The summed E-state index contributed by atoms with van der Waals surface area (Å²) in [5.74, 6) is -0.736. The smallest absolute Gasteiger partial charge is 0.419 e. The van der Waals surface area contributed by atoms with E-state index in [0.717, 1.165) is 16.2 Å². The van der Waals surface area contributed by atoms with Crippen LogP contribution in [0.1, 0.15) is 17.5 Å². The maximum atomic E-state index is 14.2. The third-order valence-electron chi connectivity index (χ3n) is 5.66. The van der Waals surface area contributed by atoms with Crippen LogP contribution >= 0.6 is 11.6 Å². The normalized spacial score (nSPS) is 12.1. The predicted molar refractivity (Wildman–Crippen MR) is 129 cm³/mol. The van der Waals surface area contributed by atoms with Gasteiger partial charge in [0.25, 0.3) is 10.0 Å². The summed E-state index contributed by atoms with van der Waals surface area (Å²) in [6, 6.07) is 14.4. The van der Waals surface area contributed by atoms with Crippen molar-refractivity contribution in [1.82, 2.24) is 3.97 Å². The molecule has 188 valence electrons. The molecule has 3 aromatic carbocycles. The summed E-state index contributed by atoms with van der Waals surface area (Å²) in [5.41, 5.74) is -1.000. The molecule has 0 bridgehead atoms. The van der Waals surface area contributed by atoms with Gasteiger partial charge in [-0.1, -0.05) is 48.0 Å². The Bertz CT molecular complexity index is 1560. The zero-order chi connectivity index (χ0) is 26.3. The van der Waals surface area contributed by atoms with Crippen molar-refractivity contribution in [3.05, 3.63) is 83.0 Å². The van der Waals surface area contributed by atoms with Gasteiger partial charge in [-0.25, -0.2) is 12.4 Å². The van der Waals surface area contributed by atoms with Crippen molar-refractivity contribution in [2.24, 2.45) is 0 Å². The molecule has 0 aliphatic rings. The van der Waals surface area contributed by atoms with Gasteiger partial charge >= 0.3 is 12.1 Å². The van der Waals surface area contributed by atoms with Gasteiger partial charge in [-0.05, 0) is 41.8 Å². The topological polar surface area (TPSA) is 85.6 Å². The maximum Gasteiger partial charge on any atom is 0.419 e. The van der Waals surface area contributed by atoms with Crippen molar-refractivity contribution in [2.75, 3.05) is 7.11 Å². The van der Waals surface area contributed by atoms with Crippen LogP contribution in [0, 0.1) is 0 Å². The summed E-state index contributed by atoms with van der Waals surface area (Å²) >= 11 is 5.94. The van der Waals surface area contributed by atoms with Crippen LogP contribution in [-0.2, 0) is 27.4 Å². The number of aryl methyl sites for hydroxylation is 1. The van der Waals surface area contributed by atoms with Gasteiger partial charge in [0.2, 0.25) is 0 Å². The molecule has 0 saturated carbocycles. The largest absolute Gasteiger partial charge is 0.497 e. The molecular weight excluding hydrogens is 519 g/mol. The number of halogens is 4. The third kappa shape index (κ3) is 4.66. The lowest BCUT2D eigenvalue weighted by atomic mass is 10.0. The quantitative estimate of drug-likeness (QED) is 0.301. The Balaban J connectivity index is 2.07. The summed E-state index contributed by atoms with van der Waals surface area (Å²) in [4.78, 5) is 10.2. The molecule has 4 rings (SSSR count). The van der Waals surface area contributed by atoms with Crippen LogP contribution < -0.4 is 4.74 Å². The predicted octanol–water partition coefficient (Wildman–Crippen LogP) is 6.24. The van der Waals surface area contributed by atoms with Gasteiger partial charge in [0, 0.05) is 23.6 Å². The molecule has 0 atom stereocenters. The van der Waals surface area contributed by atoms with Crippen LogP contribution in [0.3, 0.4) is 0 Å². The maximum absolute atomic E-state index is 14.2. The average molecular weight is 538 g/mol. The second-order valence-electron chi connectivity index (χ2n) is 7.89. The monoisotopic (exact) mass is 537 g/mol. The number of hydrogen-bond acceptors (Lipinski definition) is 4. The van der Waals surface area contributed by atoms with Gasteiger partial charge < -0.3 is 9.84 Å². The first-order valence-corrected chi connectivity index (χ1v) is 12.4. The molecule has 1 heterocycles. The molecule has 11 heteroatoms. The van der Waals surface area contributed by atoms with E-state index >= 15 is 0 Å². The fraction of sp³-hybridized carbons (Fsp3) is 0.160. The number of carbonyl (C=O) groups is 1. The van der Waals surface area contributed by atoms with Gasteiger partial charge in [0.1, 0.15) is 10.6 Å². The van der Waals surface area contributed by atoms with Gasteiger partial charge in [0.15, 0.2) is 0 Å². The van der Waals surface area contributed by atoms with E-state index in [1.54, 1.807) is 18.2 Å². The zero-order valence-corrected chi connectivity index (χ0v) is 20.3. The van der Waals surface area contributed by atoms with Crippen LogP contribution in [0.2, 0.25) is 5.02 Å². The highest BCUT2D eigenvalue weighted by Gasteiger charge is 2.42. The van der Waals surface area contributed by atoms with E-state index in [9.17, 15) is 26.4 Å². The molecule has 6 nitrogen and oxygen atoms in total. The number of aliphatic carboxylic acids is 1. The fourth-order valence-corrected chi connectivity index (χ4v) is 6.19. The lowest BCUT2D eigenvalue weighted by molar-refractivity contribution is -0.140. The molecular formula is C25H19ClF3NO5S. The van der Waals surface area contributed by atoms with Crippen molar-refractivity contribution in [2.45, 2.75) is 23.9 Å². The molecule has 0 fully saturated rings. The Morgan fingerprint density at radius 1 is 1.08 bits per heavy atom. The standard InChI is InChI=1S/C25H19ClF3NO5S/c1-35-17-8-11-21-19(13-17)16(7-12-22(31)32)14-30(21)36(33,34)24-18(15-5-3-2-4-6-15)9-10-20(26)23(24)25(27,28)29/h2-6,8-11,13-14H,7,12H2,1H3,(H,31,32). The Labute approximate surface area is 209 Å². The Morgan fingerprint density at radius 3 is 2.39 bits per heavy atom. The van der Waals surface area contributed by atoms with E-state index in [0.29, 0.717) is 16.7 Å². The van der Waals surface area contributed by atoms with E-state index in [1.165, 1.54) is 43.5 Å². The molecule has 1 N–H and O–H groups in total. The van der Waals surface area contributed by atoms with Crippen LogP contribution in [0.15, 0.2) is 71.8 Å². The van der Waals surface area contributed by atoms with Gasteiger partial charge in [0.05, 0.1) is 23.2 Å². The van der Waals surface area contributed by atoms with Crippen molar-refractivity contribution in [1.29, 1.82) is 0 Å². The van der Waals surface area contributed by atoms with Crippen LogP contribution in [0.25, 0.3) is 22.0 Å².